The van der Waals surface area contributed by atoms with Gasteiger partial charge in [0.2, 0.25) is 5.91 Å². The van der Waals surface area contributed by atoms with Gasteiger partial charge in [-0.05, 0) is 50.9 Å². The molecule has 0 saturated heterocycles. The van der Waals surface area contributed by atoms with Gasteiger partial charge in [0, 0.05) is 45.8 Å². The predicted molar refractivity (Wildman–Crippen MR) is 106 cm³/mol. The van der Waals surface area contributed by atoms with Crippen molar-refractivity contribution in [1.29, 1.82) is 0 Å². The molecule has 2 saturated carbocycles. The second-order valence-electron chi connectivity index (χ2n) is 7.62. The van der Waals surface area contributed by atoms with Crippen LogP contribution in [0.5, 0.6) is 0 Å². The van der Waals surface area contributed by atoms with E-state index in [9.17, 15) is 4.79 Å². The topological polar surface area (TPSA) is 74.8 Å². The molecule has 2 aliphatic rings. The molecule has 1 amide bonds. The van der Waals surface area contributed by atoms with E-state index in [0.717, 1.165) is 44.6 Å². The third-order valence-corrected chi connectivity index (χ3v) is 5.05. The molecule has 3 N–H and O–H groups in total. The maximum absolute atomic E-state index is 12.0. The van der Waals surface area contributed by atoms with E-state index < -0.39 is 0 Å². The lowest BCUT2D eigenvalue weighted by Gasteiger charge is -2.20. The molecule has 0 aromatic heterocycles. The number of carbonyl (C=O) groups is 1. The van der Waals surface area contributed by atoms with Crippen LogP contribution in [-0.2, 0) is 9.53 Å². The summed E-state index contributed by atoms with van der Waals surface area (Å²) in [5.41, 5.74) is 0. The van der Waals surface area contributed by atoms with Crippen molar-refractivity contribution in [3.63, 3.8) is 0 Å². The Morgan fingerprint density at radius 1 is 1.00 bits per heavy atom. The molecule has 150 valence electrons. The highest BCUT2D eigenvalue weighted by atomic mass is 16.5. The van der Waals surface area contributed by atoms with E-state index in [0.29, 0.717) is 25.4 Å². The molecule has 0 aromatic rings. The molecule has 2 fully saturated rings. The summed E-state index contributed by atoms with van der Waals surface area (Å²) < 4.78 is 5.63. The molecule has 0 atom stereocenters. The lowest BCUT2D eigenvalue weighted by atomic mass is 9.87. The highest BCUT2D eigenvalue weighted by Gasteiger charge is 2.20. The molecule has 0 heterocycles. The monoisotopic (exact) mass is 366 g/mol. The first-order chi connectivity index (χ1) is 12.8. The smallest absolute Gasteiger partial charge is 0.220 e. The lowest BCUT2D eigenvalue weighted by molar-refractivity contribution is -0.122. The minimum atomic E-state index is 0.188. The second kappa shape index (κ2) is 13.0. The molecule has 2 rings (SSSR count). The first-order valence-electron chi connectivity index (χ1n) is 10.6. The van der Waals surface area contributed by atoms with Gasteiger partial charge in [-0.1, -0.05) is 19.3 Å². The van der Waals surface area contributed by atoms with Crippen LogP contribution in [0.4, 0.5) is 0 Å². The van der Waals surface area contributed by atoms with Gasteiger partial charge in [0.05, 0.1) is 0 Å². The van der Waals surface area contributed by atoms with E-state index in [2.05, 4.69) is 27.9 Å². The van der Waals surface area contributed by atoms with Crippen LogP contribution in [-0.4, -0.2) is 51.3 Å². The third-order valence-electron chi connectivity index (χ3n) is 5.05. The number of carbonyl (C=O) groups excluding carboxylic acids is 1. The number of hydrogen-bond acceptors (Lipinski definition) is 3. The van der Waals surface area contributed by atoms with E-state index in [1.165, 1.54) is 44.9 Å². The Kier molecular flexibility index (Phi) is 10.5. The van der Waals surface area contributed by atoms with Gasteiger partial charge in [0.25, 0.3) is 0 Å². The Bertz CT molecular complexity index is 418. The summed E-state index contributed by atoms with van der Waals surface area (Å²) in [5.74, 6) is 2.42. The number of rotatable bonds is 12. The van der Waals surface area contributed by atoms with Gasteiger partial charge in [0.15, 0.2) is 5.96 Å². The van der Waals surface area contributed by atoms with Crippen LogP contribution in [0.25, 0.3) is 0 Å². The fraction of sp³-hybridized carbons (Fsp3) is 0.900. The highest BCUT2D eigenvalue weighted by Crippen LogP contribution is 2.28. The Labute approximate surface area is 158 Å². The molecule has 0 spiro atoms. The van der Waals surface area contributed by atoms with Crippen molar-refractivity contribution in [2.45, 2.75) is 64.7 Å². The SMILES string of the molecule is CCNC(=NCCCOCC1CC1)NCCNC(=O)CC1CCCCC1. The van der Waals surface area contributed by atoms with Crippen molar-refractivity contribution < 1.29 is 9.53 Å². The Morgan fingerprint density at radius 2 is 1.77 bits per heavy atom. The zero-order valence-electron chi connectivity index (χ0n) is 16.5. The number of nitrogens with one attached hydrogen (secondary N) is 3. The van der Waals surface area contributed by atoms with Crippen LogP contribution in [0, 0.1) is 11.8 Å². The van der Waals surface area contributed by atoms with Gasteiger partial charge >= 0.3 is 0 Å². The van der Waals surface area contributed by atoms with Gasteiger partial charge in [-0.3, -0.25) is 9.79 Å². The summed E-state index contributed by atoms with van der Waals surface area (Å²) in [6, 6.07) is 0. The number of ether oxygens (including phenoxy) is 1. The van der Waals surface area contributed by atoms with Crippen LogP contribution in [0.2, 0.25) is 0 Å². The molecular weight excluding hydrogens is 328 g/mol. The maximum Gasteiger partial charge on any atom is 0.220 e. The molecule has 0 radical (unpaired) electrons. The minimum Gasteiger partial charge on any atom is -0.381 e. The van der Waals surface area contributed by atoms with Crippen LogP contribution < -0.4 is 16.0 Å². The molecule has 6 heteroatoms. The molecule has 2 aliphatic carbocycles. The fourth-order valence-electron chi connectivity index (χ4n) is 3.34. The maximum atomic E-state index is 12.0. The fourth-order valence-corrected chi connectivity index (χ4v) is 3.34. The third kappa shape index (κ3) is 10.00. The molecule has 6 nitrogen and oxygen atoms in total. The summed E-state index contributed by atoms with van der Waals surface area (Å²) in [7, 11) is 0. The van der Waals surface area contributed by atoms with Crippen molar-refractivity contribution in [3.8, 4) is 0 Å². The van der Waals surface area contributed by atoms with Crippen molar-refractivity contribution >= 4 is 11.9 Å². The molecule has 26 heavy (non-hydrogen) atoms. The van der Waals surface area contributed by atoms with Crippen LogP contribution in [0.15, 0.2) is 4.99 Å². The zero-order chi connectivity index (χ0) is 18.5. The quantitative estimate of drug-likeness (QED) is 0.282. The number of guanidine groups is 1. The van der Waals surface area contributed by atoms with E-state index in [4.69, 9.17) is 4.74 Å². The molecule has 0 aliphatic heterocycles. The first kappa shape index (κ1) is 21.0. The van der Waals surface area contributed by atoms with Gasteiger partial charge in [-0.2, -0.15) is 0 Å². The van der Waals surface area contributed by atoms with Crippen LogP contribution >= 0.6 is 0 Å². The Balaban J connectivity index is 1.50. The molecular formula is C20H38N4O2. The Morgan fingerprint density at radius 3 is 2.50 bits per heavy atom. The number of hydrogen-bond donors (Lipinski definition) is 3. The van der Waals surface area contributed by atoms with Gasteiger partial charge < -0.3 is 20.7 Å². The summed E-state index contributed by atoms with van der Waals surface area (Å²) in [6.45, 7) is 6.69. The number of nitrogens with zero attached hydrogens (tertiary/aromatic N) is 1. The summed E-state index contributed by atoms with van der Waals surface area (Å²) >= 11 is 0. The van der Waals surface area contributed by atoms with Crippen molar-refractivity contribution in [2.24, 2.45) is 16.8 Å². The van der Waals surface area contributed by atoms with Crippen molar-refractivity contribution in [2.75, 3.05) is 39.4 Å². The summed E-state index contributed by atoms with van der Waals surface area (Å²) in [4.78, 5) is 16.6. The van der Waals surface area contributed by atoms with Gasteiger partial charge in [0.1, 0.15) is 0 Å². The predicted octanol–water partition coefficient (Wildman–Crippen LogP) is 2.44. The second-order valence-corrected chi connectivity index (χ2v) is 7.62. The summed E-state index contributed by atoms with van der Waals surface area (Å²) in [5, 5.41) is 9.55. The molecule has 0 unspecified atom stereocenters. The standard InChI is InChI=1S/C20H38N4O2/c1-2-21-20(23-11-6-14-26-16-18-9-10-18)24-13-12-22-19(25)15-17-7-4-3-5-8-17/h17-18H,2-16H2,1H3,(H,22,25)(H2,21,23,24). The normalized spacial score (nSPS) is 18.6. The minimum absolute atomic E-state index is 0.188. The van der Waals surface area contributed by atoms with Crippen molar-refractivity contribution in [3.05, 3.63) is 0 Å². The average molecular weight is 367 g/mol. The van der Waals surface area contributed by atoms with E-state index >= 15 is 0 Å². The summed E-state index contributed by atoms with van der Waals surface area (Å²) in [6.07, 6.45) is 10.6. The van der Waals surface area contributed by atoms with Crippen molar-refractivity contribution in [1.82, 2.24) is 16.0 Å². The van der Waals surface area contributed by atoms with E-state index in [-0.39, 0.29) is 5.91 Å². The van der Waals surface area contributed by atoms with Crippen LogP contribution in [0.3, 0.4) is 0 Å². The van der Waals surface area contributed by atoms with E-state index in [1.54, 1.807) is 0 Å². The zero-order valence-corrected chi connectivity index (χ0v) is 16.5. The van der Waals surface area contributed by atoms with Crippen LogP contribution in [0.1, 0.15) is 64.7 Å². The van der Waals surface area contributed by atoms with Gasteiger partial charge in [-0.25, -0.2) is 0 Å². The largest absolute Gasteiger partial charge is 0.381 e. The average Bonchev–Trinajstić information content (AvgIpc) is 3.46. The lowest BCUT2D eigenvalue weighted by Crippen LogP contribution is -2.41. The Hall–Kier alpha value is -1.30. The van der Waals surface area contributed by atoms with Gasteiger partial charge in [-0.15, -0.1) is 0 Å². The molecule has 0 bridgehead atoms. The molecule has 0 aromatic carbocycles. The van der Waals surface area contributed by atoms with E-state index in [1.807, 2.05) is 0 Å². The first-order valence-corrected chi connectivity index (χ1v) is 10.6. The highest BCUT2D eigenvalue weighted by molar-refractivity contribution is 5.80. The number of aliphatic imine (C=N–C) groups is 1. The number of amides is 1.